The highest BCUT2D eigenvalue weighted by Crippen LogP contribution is 2.43. The van der Waals surface area contributed by atoms with E-state index >= 15 is 0 Å². The van der Waals surface area contributed by atoms with E-state index in [0.29, 0.717) is 34.6 Å². The smallest absolute Gasteiger partial charge is 0.416 e. The molecule has 0 unspecified atom stereocenters. The minimum atomic E-state index is -5.09. The number of cyclic esters (lactones) is 1. The molecule has 0 saturated carbocycles. The van der Waals surface area contributed by atoms with Crippen molar-refractivity contribution in [3.8, 4) is 16.9 Å². The van der Waals surface area contributed by atoms with Gasteiger partial charge in [0, 0.05) is 11.1 Å². The number of carbonyl (C=O) groups is 1. The first-order valence-electron chi connectivity index (χ1n) is 14.5. The van der Waals surface area contributed by atoms with Gasteiger partial charge in [0.2, 0.25) is 0 Å². The Balaban J connectivity index is 1.58. The number of aryl methyl sites for hydroxylation is 2. The molecule has 1 amide bonds. The summed E-state index contributed by atoms with van der Waals surface area (Å²) in [5.41, 5.74) is -0.484. The van der Waals surface area contributed by atoms with E-state index in [0.717, 1.165) is 23.3 Å². The third-order valence-electron chi connectivity index (χ3n) is 8.17. The Morgan fingerprint density at radius 2 is 1.63 bits per heavy atom. The highest BCUT2D eigenvalue weighted by molar-refractivity contribution is 5.78. The van der Waals surface area contributed by atoms with Crippen LogP contribution in [-0.4, -0.2) is 48.1 Å². The lowest BCUT2D eigenvalue weighted by Gasteiger charge is -2.40. The van der Waals surface area contributed by atoms with E-state index in [2.05, 4.69) is 4.98 Å². The third kappa shape index (κ3) is 6.57. The topological polar surface area (TPSA) is 54.9 Å². The number of pyridine rings is 1. The number of methoxy groups -OCH3 is 1. The van der Waals surface area contributed by atoms with Gasteiger partial charge in [-0.05, 0) is 73.4 Å². The molecule has 6 nitrogen and oxygen atoms in total. The normalized spacial score (nSPS) is 19.7. The molecule has 3 heterocycles. The molecule has 0 radical (unpaired) electrons. The summed E-state index contributed by atoms with van der Waals surface area (Å²) in [6.07, 6.45) is -11.0. The summed E-state index contributed by atoms with van der Waals surface area (Å²) in [6.45, 7) is 3.81. The van der Waals surface area contributed by atoms with E-state index in [-0.39, 0.29) is 24.1 Å². The molecule has 2 saturated heterocycles. The van der Waals surface area contributed by atoms with E-state index in [1.54, 1.807) is 19.1 Å². The van der Waals surface area contributed by atoms with Crippen molar-refractivity contribution in [1.82, 2.24) is 9.88 Å². The number of amides is 1. The average Bonchev–Trinajstić information content (AvgIpc) is 3.23. The van der Waals surface area contributed by atoms with Crippen molar-refractivity contribution in [1.29, 1.82) is 0 Å². The third-order valence-corrected chi connectivity index (χ3v) is 8.17. The molecule has 2 atom stereocenters. The van der Waals surface area contributed by atoms with Gasteiger partial charge in [0.1, 0.15) is 17.7 Å². The van der Waals surface area contributed by atoms with Gasteiger partial charge >= 0.3 is 18.4 Å². The van der Waals surface area contributed by atoms with Crippen LogP contribution in [0.15, 0.2) is 42.5 Å². The number of hydrogen-bond donors (Lipinski definition) is 0. The Bertz CT molecular complexity index is 1600. The van der Waals surface area contributed by atoms with Gasteiger partial charge < -0.3 is 14.4 Å². The molecule has 2 aliphatic heterocycles. The molecule has 2 aromatic carbocycles. The lowest BCUT2D eigenvalue weighted by atomic mass is 9.94. The van der Waals surface area contributed by atoms with Gasteiger partial charge in [-0.3, -0.25) is 4.90 Å². The van der Waals surface area contributed by atoms with Gasteiger partial charge in [-0.2, -0.15) is 26.3 Å². The molecule has 248 valence electrons. The van der Waals surface area contributed by atoms with Gasteiger partial charge in [0.15, 0.2) is 0 Å². The van der Waals surface area contributed by atoms with Crippen LogP contribution < -0.4 is 9.64 Å². The number of ether oxygens (including phenoxy) is 2. The molecule has 0 bridgehead atoms. The van der Waals surface area contributed by atoms with Crippen molar-refractivity contribution < 1.29 is 49.4 Å². The predicted octanol–water partition coefficient (Wildman–Crippen LogP) is 8.59. The Kier molecular flexibility index (Phi) is 8.62. The first-order valence-corrected chi connectivity index (χ1v) is 14.5. The molecular formula is C32H31F8N3O3. The van der Waals surface area contributed by atoms with Crippen LogP contribution in [-0.2, 0) is 30.1 Å². The molecule has 1 aromatic heterocycles. The predicted molar refractivity (Wildman–Crippen MR) is 153 cm³/mol. The fourth-order valence-electron chi connectivity index (χ4n) is 5.90. The number of rotatable bonds is 8. The Labute approximate surface area is 259 Å². The lowest BCUT2D eigenvalue weighted by Crippen LogP contribution is -2.56. The summed E-state index contributed by atoms with van der Waals surface area (Å²) >= 11 is 0. The van der Waals surface area contributed by atoms with Crippen molar-refractivity contribution in [2.24, 2.45) is 0 Å². The van der Waals surface area contributed by atoms with Gasteiger partial charge in [-0.15, -0.1) is 0 Å². The van der Waals surface area contributed by atoms with Crippen LogP contribution in [0.25, 0.3) is 11.1 Å². The average molecular weight is 658 g/mol. The highest BCUT2D eigenvalue weighted by atomic mass is 19.4. The lowest BCUT2D eigenvalue weighted by molar-refractivity contribution is -0.143. The minimum absolute atomic E-state index is 0.00648. The number of anilines is 1. The number of nitrogens with zero attached hydrogens (tertiary/aromatic N) is 3. The molecule has 5 rings (SSSR count). The van der Waals surface area contributed by atoms with E-state index in [1.165, 1.54) is 18.9 Å². The van der Waals surface area contributed by atoms with E-state index in [9.17, 15) is 39.9 Å². The molecular weight excluding hydrogens is 626 g/mol. The van der Waals surface area contributed by atoms with E-state index in [1.807, 2.05) is 19.1 Å². The number of carbonyl (C=O) groups excluding carboxylic acids is 1. The van der Waals surface area contributed by atoms with Crippen molar-refractivity contribution >= 4 is 11.9 Å². The van der Waals surface area contributed by atoms with Gasteiger partial charge in [0.25, 0.3) is 5.92 Å². The zero-order valence-electron chi connectivity index (χ0n) is 25.3. The maximum absolute atomic E-state index is 13.8. The Morgan fingerprint density at radius 3 is 2.17 bits per heavy atom. The zero-order valence-corrected chi connectivity index (χ0v) is 25.3. The summed E-state index contributed by atoms with van der Waals surface area (Å²) in [5.74, 6) is -2.18. The fraction of sp³-hybridized carbons (Fsp3) is 0.438. The first-order chi connectivity index (χ1) is 21.4. The molecule has 0 aliphatic carbocycles. The fourth-order valence-corrected chi connectivity index (χ4v) is 5.90. The van der Waals surface area contributed by atoms with Crippen LogP contribution in [0.2, 0.25) is 0 Å². The second-order valence-corrected chi connectivity index (χ2v) is 11.6. The number of hydrogen-bond acceptors (Lipinski definition) is 5. The van der Waals surface area contributed by atoms with Crippen molar-refractivity contribution in [3.05, 3.63) is 76.0 Å². The molecule has 2 fully saturated rings. The van der Waals surface area contributed by atoms with Gasteiger partial charge in [0.05, 0.1) is 49.6 Å². The zero-order chi connectivity index (χ0) is 33.8. The Morgan fingerprint density at radius 1 is 1.00 bits per heavy atom. The summed E-state index contributed by atoms with van der Waals surface area (Å²) < 4.78 is 120. The highest BCUT2D eigenvalue weighted by Gasteiger charge is 2.46. The maximum atomic E-state index is 13.8. The first kappa shape index (κ1) is 33.3. The summed E-state index contributed by atoms with van der Waals surface area (Å²) in [5, 5.41) is 0. The van der Waals surface area contributed by atoms with Crippen LogP contribution in [0.4, 0.5) is 45.7 Å². The minimum Gasteiger partial charge on any atom is -0.496 e. The molecule has 3 aromatic rings. The largest absolute Gasteiger partial charge is 0.496 e. The number of alkyl halides is 8. The van der Waals surface area contributed by atoms with Crippen molar-refractivity contribution in [3.63, 3.8) is 0 Å². The van der Waals surface area contributed by atoms with Crippen LogP contribution in [0.5, 0.6) is 5.75 Å². The molecule has 0 N–H and O–H groups in total. The van der Waals surface area contributed by atoms with Crippen molar-refractivity contribution in [2.75, 3.05) is 25.1 Å². The molecule has 0 spiro atoms. The van der Waals surface area contributed by atoms with Crippen molar-refractivity contribution in [2.45, 2.75) is 70.6 Å². The summed E-state index contributed by atoms with van der Waals surface area (Å²) in [7, 11) is 1.48. The quantitative estimate of drug-likeness (QED) is 0.227. The Hall–Kier alpha value is -4.10. The van der Waals surface area contributed by atoms with Gasteiger partial charge in [-0.25, -0.2) is 18.6 Å². The van der Waals surface area contributed by atoms with Crippen LogP contribution in [0.1, 0.15) is 59.9 Å². The number of aromatic nitrogens is 1. The second kappa shape index (κ2) is 11.9. The molecule has 46 heavy (non-hydrogen) atoms. The van der Waals surface area contributed by atoms with Crippen LogP contribution in [0.3, 0.4) is 0 Å². The number of benzene rings is 2. The van der Waals surface area contributed by atoms with Gasteiger partial charge in [-0.1, -0.05) is 19.4 Å². The van der Waals surface area contributed by atoms with E-state index < -0.39 is 66.3 Å². The SMILES string of the molecule is CCCc1ccc(OC)c(-c2c(C)cc(N3CC(F)(F)C3)nc2CN2C(=O)O[C@H](c3cc(C(F)(F)F)cc(C(F)(F)F)c3)[C@@H]2C)c1. The van der Waals surface area contributed by atoms with Crippen LogP contribution >= 0.6 is 0 Å². The maximum Gasteiger partial charge on any atom is 0.416 e. The van der Waals surface area contributed by atoms with Crippen LogP contribution in [0, 0.1) is 6.92 Å². The summed E-state index contributed by atoms with van der Waals surface area (Å²) in [6, 6.07) is 7.29. The monoisotopic (exact) mass is 657 g/mol. The molecule has 14 heteroatoms. The molecule has 2 aliphatic rings. The van der Waals surface area contributed by atoms with E-state index in [4.69, 9.17) is 9.47 Å². The summed E-state index contributed by atoms with van der Waals surface area (Å²) in [4.78, 5) is 20.4. The second-order valence-electron chi connectivity index (χ2n) is 11.6. The number of halogens is 8. The standard InChI is InChI=1S/C32H31F8N3O3/c1-5-6-19-7-8-25(45-4)23(10-19)27-17(2)9-26(42-15-30(33,34)16-42)41-24(27)14-43-18(3)28(46-29(43)44)20-11-21(31(35,36)37)13-22(12-20)32(38,39)40/h7-13,18,28H,5-6,14-16H2,1-4H3/t18-,28-/m0/s1.